The second-order valence-corrected chi connectivity index (χ2v) is 5.97. The number of ether oxygens (including phenoxy) is 2. The number of halogens is 3. The Bertz CT molecular complexity index is 668. The van der Waals surface area contributed by atoms with E-state index in [-0.39, 0.29) is 12.8 Å². The van der Waals surface area contributed by atoms with Crippen LogP contribution in [0.3, 0.4) is 0 Å². The maximum atomic E-state index is 6.18. The predicted octanol–water partition coefficient (Wildman–Crippen LogP) is 5.55. The third kappa shape index (κ3) is 3.00. The van der Waals surface area contributed by atoms with Gasteiger partial charge in [-0.2, -0.15) is 0 Å². The van der Waals surface area contributed by atoms with E-state index in [9.17, 15) is 0 Å². The zero-order valence-corrected chi connectivity index (χ0v) is 13.4. The average Bonchev–Trinajstić information content (AvgIpc) is 2.89. The molecular formula is C15H12Cl3NO2. The molecule has 6 heteroatoms. The fourth-order valence-electron chi connectivity index (χ4n) is 2.16. The number of anilines is 1. The summed E-state index contributed by atoms with van der Waals surface area (Å²) in [6.45, 7) is 2.27. The van der Waals surface area contributed by atoms with E-state index in [1.54, 1.807) is 12.1 Å². The molecule has 1 N–H and O–H groups in total. The van der Waals surface area contributed by atoms with Crippen molar-refractivity contribution in [3.63, 3.8) is 0 Å². The van der Waals surface area contributed by atoms with Gasteiger partial charge in [0.15, 0.2) is 11.5 Å². The van der Waals surface area contributed by atoms with E-state index in [1.807, 2.05) is 25.1 Å². The molecule has 0 aromatic heterocycles. The first kappa shape index (κ1) is 14.6. The van der Waals surface area contributed by atoms with Crippen LogP contribution in [-0.4, -0.2) is 6.79 Å². The van der Waals surface area contributed by atoms with Gasteiger partial charge in [-0.1, -0.05) is 40.9 Å². The van der Waals surface area contributed by atoms with Crippen molar-refractivity contribution in [2.45, 2.75) is 13.0 Å². The summed E-state index contributed by atoms with van der Waals surface area (Å²) in [4.78, 5) is 0. The number of hydrogen-bond acceptors (Lipinski definition) is 3. The van der Waals surface area contributed by atoms with Gasteiger partial charge in [0.2, 0.25) is 6.79 Å². The summed E-state index contributed by atoms with van der Waals surface area (Å²) in [5.41, 5.74) is 1.70. The second kappa shape index (κ2) is 5.84. The number of nitrogens with one attached hydrogen (secondary N) is 1. The third-order valence-electron chi connectivity index (χ3n) is 3.26. The fraction of sp³-hybridized carbons (Fsp3) is 0.200. The highest BCUT2D eigenvalue weighted by molar-refractivity contribution is 6.41. The van der Waals surface area contributed by atoms with E-state index in [0.717, 1.165) is 17.1 Å². The largest absolute Gasteiger partial charge is 0.454 e. The van der Waals surface area contributed by atoms with Gasteiger partial charge in [0, 0.05) is 11.1 Å². The van der Waals surface area contributed by atoms with Gasteiger partial charge >= 0.3 is 0 Å². The Labute approximate surface area is 137 Å². The summed E-state index contributed by atoms with van der Waals surface area (Å²) < 4.78 is 10.7. The first-order chi connectivity index (χ1) is 10.0. The molecule has 1 unspecified atom stereocenters. The van der Waals surface area contributed by atoms with Crippen molar-refractivity contribution in [2.75, 3.05) is 12.1 Å². The fourth-order valence-corrected chi connectivity index (χ4v) is 3.09. The number of hydrogen-bond donors (Lipinski definition) is 1. The molecule has 0 fully saturated rings. The highest BCUT2D eigenvalue weighted by atomic mass is 35.5. The minimum atomic E-state index is -0.00400. The molecule has 0 amide bonds. The molecule has 1 aliphatic heterocycles. The molecule has 1 aliphatic rings. The lowest BCUT2D eigenvalue weighted by atomic mass is 10.1. The molecule has 3 nitrogen and oxygen atoms in total. The molecule has 0 aliphatic carbocycles. The lowest BCUT2D eigenvalue weighted by Crippen LogP contribution is -2.07. The van der Waals surface area contributed by atoms with Crippen LogP contribution in [0.5, 0.6) is 11.5 Å². The van der Waals surface area contributed by atoms with Gasteiger partial charge in [-0.05, 0) is 36.8 Å². The Balaban J connectivity index is 1.85. The van der Waals surface area contributed by atoms with Crippen molar-refractivity contribution in [2.24, 2.45) is 0 Å². The Morgan fingerprint density at radius 1 is 1.00 bits per heavy atom. The summed E-state index contributed by atoms with van der Waals surface area (Å²) in [5, 5.41) is 4.77. The summed E-state index contributed by atoms with van der Waals surface area (Å²) in [6.07, 6.45) is 0. The first-order valence-electron chi connectivity index (χ1n) is 6.35. The molecule has 21 heavy (non-hydrogen) atoms. The molecule has 0 radical (unpaired) electrons. The van der Waals surface area contributed by atoms with Gasteiger partial charge in [0.25, 0.3) is 0 Å². The van der Waals surface area contributed by atoms with E-state index in [4.69, 9.17) is 44.3 Å². The van der Waals surface area contributed by atoms with Crippen LogP contribution >= 0.6 is 34.8 Å². The number of rotatable bonds is 3. The molecular weight excluding hydrogens is 333 g/mol. The lowest BCUT2D eigenvalue weighted by molar-refractivity contribution is 0.174. The molecule has 2 aromatic rings. The number of fused-ring (bicyclic) bond motifs is 1. The van der Waals surface area contributed by atoms with Crippen LogP contribution in [0.15, 0.2) is 30.3 Å². The van der Waals surface area contributed by atoms with Crippen LogP contribution in [0.4, 0.5) is 5.69 Å². The SMILES string of the molecule is CC(Nc1c(Cl)cc(Cl)cc1Cl)c1ccc2c(c1)OCO2. The maximum Gasteiger partial charge on any atom is 0.231 e. The van der Waals surface area contributed by atoms with E-state index >= 15 is 0 Å². The third-order valence-corrected chi connectivity index (χ3v) is 4.08. The van der Waals surface area contributed by atoms with Gasteiger partial charge in [-0.25, -0.2) is 0 Å². The van der Waals surface area contributed by atoms with E-state index in [1.165, 1.54) is 0 Å². The summed E-state index contributed by atoms with van der Waals surface area (Å²) in [5.74, 6) is 1.50. The Kier molecular flexibility index (Phi) is 4.07. The van der Waals surface area contributed by atoms with E-state index < -0.39 is 0 Å². The highest BCUT2D eigenvalue weighted by Gasteiger charge is 2.17. The normalized spacial score (nSPS) is 14.1. The molecule has 0 spiro atoms. The van der Waals surface area contributed by atoms with Crippen LogP contribution in [0, 0.1) is 0 Å². The topological polar surface area (TPSA) is 30.5 Å². The molecule has 0 saturated carbocycles. The quantitative estimate of drug-likeness (QED) is 0.792. The molecule has 3 rings (SSSR count). The number of benzene rings is 2. The molecule has 1 atom stereocenters. The van der Waals surface area contributed by atoms with Crippen molar-refractivity contribution in [1.82, 2.24) is 0 Å². The average molecular weight is 345 g/mol. The molecule has 110 valence electrons. The predicted molar refractivity (Wildman–Crippen MR) is 86.1 cm³/mol. The van der Waals surface area contributed by atoms with Crippen molar-refractivity contribution in [1.29, 1.82) is 0 Å². The second-order valence-electron chi connectivity index (χ2n) is 4.72. The summed E-state index contributed by atoms with van der Waals surface area (Å²) in [7, 11) is 0. The summed E-state index contributed by atoms with van der Waals surface area (Å²) in [6, 6.07) is 9.12. The summed E-state index contributed by atoms with van der Waals surface area (Å²) >= 11 is 18.3. The zero-order valence-electron chi connectivity index (χ0n) is 11.1. The van der Waals surface area contributed by atoms with Gasteiger partial charge in [0.05, 0.1) is 15.7 Å². The van der Waals surface area contributed by atoms with Gasteiger partial charge in [0.1, 0.15) is 0 Å². The molecule has 2 aromatic carbocycles. The molecule has 0 bridgehead atoms. The van der Waals surface area contributed by atoms with Crippen molar-refractivity contribution >= 4 is 40.5 Å². The van der Waals surface area contributed by atoms with Crippen molar-refractivity contribution < 1.29 is 9.47 Å². The lowest BCUT2D eigenvalue weighted by Gasteiger charge is -2.18. The van der Waals surface area contributed by atoms with Crippen LogP contribution in [0.1, 0.15) is 18.5 Å². The van der Waals surface area contributed by atoms with E-state index in [2.05, 4.69) is 5.32 Å². The van der Waals surface area contributed by atoms with Gasteiger partial charge in [-0.15, -0.1) is 0 Å². The van der Waals surface area contributed by atoms with Crippen molar-refractivity contribution in [3.8, 4) is 11.5 Å². The standard InChI is InChI=1S/C15H12Cl3NO2/c1-8(9-2-3-13-14(4-9)21-7-20-13)19-15-11(17)5-10(16)6-12(15)18/h2-6,8,19H,7H2,1H3. The zero-order chi connectivity index (χ0) is 15.0. The van der Waals surface area contributed by atoms with Crippen LogP contribution < -0.4 is 14.8 Å². The maximum absolute atomic E-state index is 6.18. The van der Waals surface area contributed by atoms with E-state index in [0.29, 0.717) is 20.8 Å². The van der Waals surface area contributed by atoms with Crippen LogP contribution in [0.2, 0.25) is 15.1 Å². The van der Waals surface area contributed by atoms with Gasteiger partial charge in [-0.3, -0.25) is 0 Å². The first-order valence-corrected chi connectivity index (χ1v) is 7.48. The minimum Gasteiger partial charge on any atom is -0.454 e. The molecule has 1 heterocycles. The van der Waals surface area contributed by atoms with Gasteiger partial charge < -0.3 is 14.8 Å². The minimum absolute atomic E-state index is 0.00400. The smallest absolute Gasteiger partial charge is 0.231 e. The highest BCUT2D eigenvalue weighted by Crippen LogP contribution is 2.38. The monoisotopic (exact) mass is 343 g/mol. The Morgan fingerprint density at radius 3 is 2.38 bits per heavy atom. The van der Waals surface area contributed by atoms with Crippen molar-refractivity contribution in [3.05, 3.63) is 51.0 Å². The van der Waals surface area contributed by atoms with Crippen LogP contribution in [-0.2, 0) is 0 Å². The Morgan fingerprint density at radius 2 is 1.67 bits per heavy atom. The Hall–Kier alpha value is -1.29. The van der Waals surface area contributed by atoms with Crippen LogP contribution in [0.25, 0.3) is 0 Å². The molecule has 0 saturated heterocycles.